The molecule has 2 saturated heterocycles. The molecule has 3 aliphatic rings. The topological polar surface area (TPSA) is 109 Å². The fraction of sp³-hybridized carbons (Fsp3) is 0.735. The van der Waals surface area contributed by atoms with E-state index in [0.29, 0.717) is 56.4 Å². The number of hydrogen-bond acceptors (Lipinski definition) is 7. The van der Waals surface area contributed by atoms with Gasteiger partial charge >= 0.3 is 5.97 Å². The molecule has 0 aromatic heterocycles. The summed E-state index contributed by atoms with van der Waals surface area (Å²) in [6.45, 7) is 10.2. The van der Waals surface area contributed by atoms with Gasteiger partial charge in [-0.3, -0.25) is 19.3 Å². The monoisotopic (exact) mass is 631 g/mol. The lowest BCUT2D eigenvalue weighted by atomic mass is 9.84. The summed E-state index contributed by atoms with van der Waals surface area (Å²) in [5.74, 6) is -0.402. The molecule has 1 aromatic carbocycles. The van der Waals surface area contributed by atoms with Crippen LogP contribution in [0.2, 0.25) is 0 Å². The lowest BCUT2D eigenvalue weighted by Gasteiger charge is -2.31. The zero-order valence-corrected chi connectivity index (χ0v) is 28.5. The van der Waals surface area contributed by atoms with Crippen molar-refractivity contribution in [3.05, 3.63) is 17.7 Å². The van der Waals surface area contributed by atoms with Gasteiger partial charge in [0, 0.05) is 50.1 Å². The Bertz CT molecular complexity index is 1210. The maximum Gasteiger partial charge on any atom is 0.308 e. The van der Waals surface area contributed by atoms with Crippen LogP contribution >= 0.6 is 0 Å². The van der Waals surface area contributed by atoms with Gasteiger partial charge < -0.3 is 33.6 Å². The highest BCUT2D eigenvalue weighted by Gasteiger charge is 2.48. The number of nitrogens with zero attached hydrogens (tertiary/aromatic N) is 4. The molecule has 3 heterocycles. The van der Waals surface area contributed by atoms with Crippen molar-refractivity contribution in [2.24, 2.45) is 11.3 Å². The lowest BCUT2D eigenvalue weighted by Crippen LogP contribution is -2.46. The molecular formula is C34H55N4O7+. The molecular weight excluding hydrogens is 576 g/mol. The molecule has 11 nitrogen and oxygen atoms in total. The van der Waals surface area contributed by atoms with E-state index in [9.17, 15) is 19.5 Å². The first-order valence-electron chi connectivity index (χ1n) is 16.6. The number of rotatable bonds is 16. The molecule has 1 N–H and O–H groups in total. The maximum absolute atomic E-state index is 13.9. The summed E-state index contributed by atoms with van der Waals surface area (Å²) in [5, 5.41) is 10.7. The Morgan fingerprint density at radius 2 is 1.87 bits per heavy atom. The summed E-state index contributed by atoms with van der Waals surface area (Å²) in [5.41, 5.74) is 0.374. The first-order valence-corrected chi connectivity index (χ1v) is 16.6. The first-order chi connectivity index (χ1) is 21.3. The van der Waals surface area contributed by atoms with Gasteiger partial charge in [-0.25, -0.2) is 0 Å². The molecule has 3 atom stereocenters. The first kappa shape index (κ1) is 34.8. The minimum absolute atomic E-state index is 0.0325. The molecule has 0 bridgehead atoms. The average molecular weight is 632 g/mol. The van der Waals surface area contributed by atoms with Gasteiger partial charge in [-0.05, 0) is 49.8 Å². The smallest absolute Gasteiger partial charge is 0.308 e. The van der Waals surface area contributed by atoms with Crippen molar-refractivity contribution >= 4 is 17.8 Å². The van der Waals surface area contributed by atoms with Crippen LogP contribution < -0.4 is 14.2 Å². The zero-order valence-electron chi connectivity index (χ0n) is 28.5. The minimum atomic E-state index is -0.909. The van der Waals surface area contributed by atoms with E-state index in [2.05, 4.69) is 33.0 Å². The Morgan fingerprint density at radius 3 is 2.49 bits per heavy atom. The Labute approximate surface area is 269 Å². The summed E-state index contributed by atoms with van der Waals surface area (Å²) in [7, 11) is 8.08. The molecule has 45 heavy (non-hydrogen) atoms. The highest BCUT2D eigenvalue weighted by atomic mass is 16.7. The molecule has 0 saturated carbocycles. The third-order valence-electron chi connectivity index (χ3n) is 9.69. The quantitative estimate of drug-likeness (QED) is 0.218. The van der Waals surface area contributed by atoms with Crippen molar-refractivity contribution < 1.29 is 38.2 Å². The number of benzene rings is 1. The molecule has 11 heteroatoms. The number of ether oxygens (including phenoxy) is 3. The van der Waals surface area contributed by atoms with E-state index in [1.54, 1.807) is 7.11 Å². The maximum atomic E-state index is 13.9. The van der Waals surface area contributed by atoms with Gasteiger partial charge in [0.25, 0.3) is 0 Å². The number of carbonyl (C=O) groups is 3. The van der Waals surface area contributed by atoms with Gasteiger partial charge in [-0.15, -0.1) is 0 Å². The minimum Gasteiger partial charge on any atom is -0.493 e. The summed E-state index contributed by atoms with van der Waals surface area (Å²) < 4.78 is 17.7. The highest BCUT2D eigenvalue weighted by molar-refractivity contribution is 5.84. The van der Waals surface area contributed by atoms with E-state index in [4.69, 9.17) is 14.2 Å². The molecule has 0 radical (unpaired) electrons. The number of quaternary nitrogens is 1. The number of carboxylic acids is 1. The Kier molecular flexibility index (Phi) is 11.3. The van der Waals surface area contributed by atoms with E-state index in [1.807, 2.05) is 35.8 Å². The fourth-order valence-corrected chi connectivity index (χ4v) is 6.98. The van der Waals surface area contributed by atoms with Crippen molar-refractivity contribution in [1.82, 2.24) is 14.7 Å². The molecule has 0 unspecified atom stereocenters. The van der Waals surface area contributed by atoms with Gasteiger partial charge in [0.15, 0.2) is 11.5 Å². The summed E-state index contributed by atoms with van der Waals surface area (Å²) in [6, 6.07) is 3.27. The molecule has 1 aromatic rings. The van der Waals surface area contributed by atoms with Gasteiger partial charge in [0.05, 0.1) is 47.3 Å². The van der Waals surface area contributed by atoms with Crippen molar-refractivity contribution in [3.8, 4) is 17.2 Å². The number of unbranched alkanes of at least 4 members (excludes halogenated alkanes) is 2. The Balaban J connectivity index is 1.58. The van der Waals surface area contributed by atoms with Gasteiger partial charge in [-0.2, -0.15) is 0 Å². The van der Waals surface area contributed by atoms with Crippen LogP contribution in [0.15, 0.2) is 12.1 Å². The summed E-state index contributed by atoms with van der Waals surface area (Å²) in [4.78, 5) is 45.9. The fourth-order valence-electron chi connectivity index (χ4n) is 6.98. The Morgan fingerprint density at radius 1 is 1.13 bits per heavy atom. The largest absolute Gasteiger partial charge is 0.493 e. The van der Waals surface area contributed by atoms with Crippen LogP contribution in [0.4, 0.5) is 0 Å². The van der Waals surface area contributed by atoms with Gasteiger partial charge in [-0.1, -0.05) is 27.2 Å². The van der Waals surface area contributed by atoms with Crippen LogP contribution in [-0.2, 0) is 14.4 Å². The predicted octanol–water partition coefficient (Wildman–Crippen LogP) is 3.66. The number of aliphatic carboxylic acids is 1. The standard InChI is InChI=1S/C34H54N4O7/c1-8-9-14-35(15-10-11-18-38(4,5)6)29(39)22-37-21-25(24-19-27(43-7)31-28(20-24)44-23-45-31)30(32(40)41)26(37)12-16-36-17-13-34(2,3)33(36)42/h19-20,25-26,30H,8-18,21-23H2,1-7H3/p+1/t25-,26+,30-/m1/s1. The molecule has 252 valence electrons. The van der Waals surface area contributed by atoms with Crippen LogP contribution in [-0.4, -0.2) is 129 Å². The molecule has 2 fully saturated rings. The second-order valence-electron chi connectivity index (χ2n) is 14.6. The van der Waals surface area contributed by atoms with Gasteiger partial charge in [0.1, 0.15) is 0 Å². The Hall–Kier alpha value is -3.05. The average Bonchev–Trinajstić information content (AvgIpc) is 3.66. The van der Waals surface area contributed by atoms with E-state index in [0.717, 1.165) is 48.7 Å². The third-order valence-corrected chi connectivity index (χ3v) is 9.69. The van der Waals surface area contributed by atoms with Crippen LogP contribution in [0.1, 0.15) is 70.8 Å². The van der Waals surface area contributed by atoms with Crippen molar-refractivity contribution in [1.29, 1.82) is 0 Å². The number of likely N-dealkylation sites (tertiary alicyclic amines) is 2. The van der Waals surface area contributed by atoms with E-state index in [1.165, 1.54) is 0 Å². The normalized spacial score (nSPS) is 22.7. The second kappa shape index (κ2) is 14.6. The summed E-state index contributed by atoms with van der Waals surface area (Å²) >= 11 is 0. The predicted molar refractivity (Wildman–Crippen MR) is 172 cm³/mol. The lowest BCUT2D eigenvalue weighted by molar-refractivity contribution is -0.870. The van der Waals surface area contributed by atoms with E-state index < -0.39 is 29.3 Å². The van der Waals surface area contributed by atoms with Crippen LogP contribution in [0, 0.1) is 11.3 Å². The molecule has 0 aliphatic carbocycles. The van der Waals surface area contributed by atoms with Crippen molar-refractivity contribution in [3.63, 3.8) is 0 Å². The number of fused-ring (bicyclic) bond motifs is 1. The van der Waals surface area contributed by atoms with E-state index in [-0.39, 0.29) is 25.2 Å². The number of carbonyl (C=O) groups excluding carboxylic acids is 2. The number of carboxylic acid groups (broad SMARTS) is 1. The molecule has 2 amide bonds. The molecule has 0 spiro atoms. The third kappa shape index (κ3) is 8.41. The van der Waals surface area contributed by atoms with Crippen LogP contribution in [0.25, 0.3) is 0 Å². The number of hydrogen-bond donors (Lipinski definition) is 1. The number of amides is 2. The molecule has 3 aliphatic heterocycles. The van der Waals surface area contributed by atoms with Crippen LogP contribution in [0.3, 0.4) is 0 Å². The molecule has 4 rings (SSSR count). The number of methoxy groups -OCH3 is 1. The second-order valence-corrected chi connectivity index (χ2v) is 14.6. The van der Waals surface area contributed by atoms with Crippen molar-refractivity contribution in [2.75, 3.05) is 80.9 Å². The van der Waals surface area contributed by atoms with E-state index >= 15 is 0 Å². The SMILES string of the molecule is CCCCN(CCCC[N+](C)(C)C)C(=O)CN1C[C@H](c2cc(OC)c3c(c2)OCO3)[C@@H](C(=O)O)[C@@H]1CCN1CCC(C)(C)C1=O. The van der Waals surface area contributed by atoms with Gasteiger partial charge in [0.2, 0.25) is 24.4 Å². The zero-order chi connectivity index (χ0) is 32.9. The van der Waals surface area contributed by atoms with Crippen LogP contribution in [0.5, 0.6) is 17.2 Å². The summed E-state index contributed by atoms with van der Waals surface area (Å²) in [6.07, 6.45) is 5.13. The van der Waals surface area contributed by atoms with Crippen molar-refractivity contribution in [2.45, 2.75) is 71.3 Å². The highest BCUT2D eigenvalue weighted by Crippen LogP contribution is 2.47.